The van der Waals surface area contributed by atoms with Crippen molar-refractivity contribution in [3.63, 3.8) is 0 Å². The number of alkyl halides is 3. The molecule has 0 aliphatic heterocycles. The minimum absolute atomic E-state index is 0.164. The van der Waals surface area contributed by atoms with Gasteiger partial charge in [0.25, 0.3) is 5.56 Å². The summed E-state index contributed by atoms with van der Waals surface area (Å²) >= 11 is 0. The van der Waals surface area contributed by atoms with E-state index in [0.29, 0.717) is 29.5 Å². The van der Waals surface area contributed by atoms with E-state index in [-0.39, 0.29) is 11.6 Å². The molecule has 0 unspecified atom stereocenters. The highest BCUT2D eigenvalue weighted by atomic mass is 19.4. The number of aromatic nitrogens is 2. The van der Waals surface area contributed by atoms with Gasteiger partial charge in [-0.15, -0.1) is 0 Å². The lowest BCUT2D eigenvalue weighted by Crippen LogP contribution is -2.30. The average Bonchev–Trinajstić information content (AvgIpc) is 3.50. The molecule has 1 saturated carbocycles. The molecule has 1 aliphatic carbocycles. The lowest BCUT2D eigenvalue weighted by Gasteiger charge is -2.29. The fourth-order valence-corrected chi connectivity index (χ4v) is 3.53. The molecule has 4 nitrogen and oxygen atoms in total. The molecule has 2 heterocycles. The smallest absolute Gasteiger partial charge is 0.288 e. The summed E-state index contributed by atoms with van der Waals surface area (Å²) in [5.41, 5.74) is 0.992. The maximum absolute atomic E-state index is 13.1. The van der Waals surface area contributed by atoms with Crippen molar-refractivity contribution in [1.82, 2.24) is 14.3 Å². The summed E-state index contributed by atoms with van der Waals surface area (Å²) in [5.74, 6) is 0. The Hall–Kier alpha value is -2.67. The van der Waals surface area contributed by atoms with Crippen molar-refractivity contribution >= 4 is 5.65 Å². The minimum atomic E-state index is -4.37. The van der Waals surface area contributed by atoms with Crippen LogP contribution < -0.4 is 5.56 Å². The largest absolute Gasteiger partial charge is 0.416 e. The molecule has 2 aromatic heterocycles. The van der Waals surface area contributed by atoms with Gasteiger partial charge in [0.05, 0.1) is 11.3 Å². The van der Waals surface area contributed by atoms with E-state index in [1.165, 1.54) is 22.6 Å². The van der Waals surface area contributed by atoms with Gasteiger partial charge >= 0.3 is 6.18 Å². The molecule has 0 bridgehead atoms. The molecule has 28 heavy (non-hydrogen) atoms. The zero-order valence-electron chi connectivity index (χ0n) is 15.4. The average molecular weight is 387 g/mol. The standard InChI is InChI=1S/C21H20F3N3O/c1-14(15-5-4-6-16(11-15)21(22,23)24)27(18-8-9-18)13-17-12-20(28)26-10-3-2-7-19(26)25-17/h2-7,10-12,14,18H,8-9,13H2,1H3/t14-/m1/s1. The van der Waals surface area contributed by atoms with Crippen LogP contribution in [0.3, 0.4) is 0 Å². The van der Waals surface area contributed by atoms with Crippen molar-refractivity contribution in [1.29, 1.82) is 0 Å². The molecule has 1 fully saturated rings. The highest BCUT2D eigenvalue weighted by molar-refractivity contribution is 5.38. The first-order valence-electron chi connectivity index (χ1n) is 9.23. The zero-order chi connectivity index (χ0) is 19.9. The number of hydrogen-bond donors (Lipinski definition) is 0. The highest BCUT2D eigenvalue weighted by Gasteiger charge is 2.35. The summed E-state index contributed by atoms with van der Waals surface area (Å²) in [5, 5.41) is 0. The van der Waals surface area contributed by atoms with Gasteiger partial charge in [0, 0.05) is 30.9 Å². The first-order valence-corrected chi connectivity index (χ1v) is 9.23. The molecule has 3 aromatic rings. The number of hydrogen-bond acceptors (Lipinski definition) is 3. The van der Waals surface area contributed by atoms with Crippen molar-refractivity contribution in [2.75, 3.05) is 0 Å². The fourth-order valence-electron chi connectivity index (χ4n) is 3.53. The van der Waals surface area contributed by atoms with Crippen LogP contribution in [0.25, 0.3) is 5.65 Å². The summed E-state index contributed by atoms with van der Waals surface area (Å²) in [6.07, 6.45) is -0.710. The Kier molecular flexibility index (Phi) is 4.71. The molecule has 1 aromatic carbocycles. The predicted molar refractivity (Wildman–Crippen MR) is 99.9 cm³/mol. The lowest BCUT2D eigenvalue weighted by atomic mass is 10.0. The number of benzene rings is 1. The van der Waals surface area contributed by atoms with E-state index in [1.807, 2.05) is 13.0 Å². The van der Waals surface area contributed by atoms with E-state index < -0.39 is 11.7 Å². The predicted octanol–water partition coefficient (Wildman–Crippen LogP) is 4.44. The van der Waals surface area contributed by atoms with Gasteiger partial charge in [-0.25, -0.2) is 4.98 Å². The molecule has 7 heteroatoms. The van der Waals surface area contributed by atoms with E-state index in [0.717, 1.165) is 18.9 Å². The van der Waals surface area contributed by atoms with Crippen LogP contribution in [0.15, 0.2) is 59.5 Å². The number of nitrogens with zero attached hydrogens (tertiary/aromatic N) is 3. The van der Waals surface area contributed by atoms with Crippen molar-refractivity contribution < 1.29 is 13.2 Å². The van der Waals surface area contributed by atoms with Crippen molar-refractivity contribution in [2.45, 2.75) is 44.6 Å². The molecule has 1 aliphatic rings. The van der Waals surface area contributed by atoms with E-state index in [2.05, 4.69) is 9.88 Å². The van der Waals surface area contributed by atoms with Crippen molar-refractivity contribution in [3.8, 4) is 0 Å². The summed E-state index contributed by atoms with van der Waals surface area (Å²) in [7, 11) is 0. The van der Waals surface area contributed by atoms with Gasteiger partial charge in [0.15, 0.2) is 0 Å². The fraction of sp³-hybridized carbons (Fsp3) is 0.333. The Bertz CT molecular complexity index is 1060. The topological polar surface area (TPSA) is 37.6 Å². The van der Waals surface area contributed by atoms with Gasteiger partial charge < -0.3 is 0 Å². The van der Waals surface area contributed by atoms with Crippen molar-refractivity contribution in [3.05, 3.63) is 81.9 Å². The van der Waals surface area contributed by atoms with Crippen LogP contribution in [0.1, 0.15) is 42.6 Å². The molecule has 0 saturated heterocycles. The van der Waals surface area contributed by atoms with E-state index in [4.69, 9.17) is 0 Å². The summed E-state index contributed by atoms with van der Waals surface area (Å²) in [6.45, 7) is 2.32. The second-order valence-corrected chi connectivity index (χ2v) is 7.22. The monoisotopic (exact) mass is 387 g/mol. The molecular weight excluding hydrogens is 367 g/mol. The van der Waals surface area contributed by atoms with E-state index in [9.17, 15) is 18.0 Å². The van der Waals surface area contributed by atoms with Gasteiger partial charge in [-0.05, 0) is 49.6 Å². The van der Waals surface area contributed by atoms with Crippen LogP contribution in [0.2, 0.25) is 0 Å². The third-order valence-corrected chi connectivity index (χ3v) is 5.18. The van der Waals surface area contributed by atoms with Crippen LogP contribution in [0.5, 0.6) is 0 Å². The normalized spacial score (nSPS) is 15.9. The lowest BCUT2D eigenvalue weighted by molar-refractivity contribution is -0.137. The second-order valence-electron chi connectivity index (χ2n) is 7.22. The first kappa shape index (κ1) is 18.7. The highest BCUT2D eigenvalue weighted by Crippen LogP contribution is 2.37. The Morgan fingerprint density at radius 2 is 1.96 bits per heavy atom. The third kappa shape index (κ3) is 3.80. The number of halogens is 3. The summed E-state index contributed by atoms with van der Waals surface area (Å²) in [4.78, 5) is 19.0. The molecule has 0 spiro atoms. The summed E-state index contributed by atoms with van der Waals surface area (Å²) < 4.78 is 40.7. The Morgan fingerprint density at radius 1 is 1.18 bits per heavy atom. The Labute approximate surface area is 160 Å². The molecule has 146 valence electrons. The minimum Gasteiger partial charge on any atom is -0.288 e. The van der Waals surface area contributed by atoms with Gasteiger partial charge in [0.1, 0.15) is 5.65 Å². The van der Waals surface area contributed by atoms with Gasteiger partial charge in [0.2, 0.25) is 0 Å². The number of pyridine rings is 1. The Morgan fingerprint density at radius 3 is 2.68 bits per heavy atom. The quantitative estimate of drug-likeness (QED) is 0.650. The third-order valence-electron chi connectivity index (χ3n) is 5.18. The van der Waals surface area contributed by atoms with E-state index >= 15 is 0 Å². The van der Waals surface area contributed by atoms with Crippen LogP contribution in [0, 0.1) is 0 Å². The van der Waals surface area contributed by atoms with E-state index in [1.54, 1.807) is 24.4 Å². The zero-order valence-corrected chi connectivity index (χ0v) is 15.4. The number of rotatable bonds is 5. The molecule has 1 atom stereocenters. The number of fused-ring (bicyclic) bond motifs is 1. The van der Waals surface area contributed by atoms with Crippen molar-refractivity contribution in [2.24, 2.45) is 0 Å². The second kappa shape index (κ2) is 7.05. The maximum atomic E-state index is 13.1. The van der Waals surface area contributed by atoms with Crippen LogP contribution in [0.4, 0.5) is 13.2 Å². The molecule has 4 rings (SSSR count). The van der Waals surface area contributed by atoms with Gasteiger partial charge in [-0.1, -0.05) is 18.2 Å². The van der Waals surface area contributed by atoms with Gasteiger partial charge in [-0.2, -0.15) is 13.2 Å². The van der Waals surface area contributed by atoms with Crippen LogP contribution in [-0.2, 0) is 12.7 Å². The van der Waals surface area contributed by atoms with Crippen LogP contribution in [-0.4, -0.2) is 20.3 Å². The summed E-state index contributed by atoms with van der Waals surface area (Å²) in [6, 6.07) is 12.4. The Balaban J connectivity index is 1.64. The van der Waals surface area contributed by atoms with Crippen LogP contribution >= 0.6 is 0 Å². The van der Waals surface area contributed by atoms with Gasteiger partial charge in [-0.3, -0.25) is 14.1 Å². The molecule has 0 radical (unpaired) electrons. The first-order chi connectivity index (χ1) is 13.3. The maximum Gasteiger partial charge on any atom is 0.416 e. The molecule has 0 amide bonds. The molecule has 0 N–H and O–H groups in total. The molecular formula is C21H20F3N3O. The SMILES string of the molecule is C[C@H](c1cccc(C(F)(F)F)c1)N(Cc1cc(=O)n2ccccc2n1)C1CC1.